The molecular weight excluding hydrogens is 299 g/mol. The summed E-state index contributed by atoms with van der Waals surface area (Å²) in [6, 6.07) is 11.3. The number of halogens is 1. The predicted molar refractivity (Wildman–Crippen MR) is 83.5 cm³/mol. The summed E-state index contributed by atoms with van der Waals surface area (Å²) in [5, 5.41) is 10.8. The van der Waals surface area contributed by atoms with Crippen molar-refractivity contribution in [2.45, 2.75) is 13.0 Å². The number of nitrogens with one attached hydrogen (secondary N) is 1. The number of amides is 1. The van der Waals surface area contributed by atoms with Crippen LogP contribution in [0, 0.1) is 5.82 Å². The highest BCUT2D eigenvalue weighted by atomic mass is 19.1. The fraction of sp³-hybridized carbons (Fsp3) is 0.125. The number of fused-ring (bicyclic) bond motifs is 1. The van der Waals surface area contributed by atoms with Crippen LogP contribution in [0.1, 0.15) is 13.0 Å². The molecule has 0 aliphatic heterocycles. The van der Waals surface area contributed by atoms with Crippen LogP contribution in [0.25, 0.3) is 10.9 Å². The molecule has 1 aromatic heterocycles. The molecule has 1 N–H and O–H groups in total. The van der Waals surface area contributed by atoms with E-state index in [-0.39, 0.29) is 0 Å². The maximum absolute atomic E-state index is 12.9. The molecule has 3 aromatic rings. The highest BCUT2D eigenvalue weighted by molar-refractivity contribution is 5.93. The smallest absolute Gasteiger partial charge is 0.278 e. The summed E-state index contributed by atoms with van der Waals surface area (Å²) in [6.07, 6.45) is 0. The Morgan fingerprint density at radius 3 is 2.61 bits per heavy atom. The van der Waals surface area contributed by atoms with Crippen LogP contribution >= 0.6 is 0 Å². The molecular formula is C16H13FN4O2. The van der Waals surface area contributed by atoms with Gasteiger partial charge in [-0.05, 0) is 43.3 Å². The molecule has 1 atom stereocenters. The van der Waals surface area contributed by atoms with Gasteiger partial charge < -0.3 is 5.32 Å². The Kier molecular flexibility index (Phi) is 3.84. The second-order valence-electron chi connectivity index (χ2n) is 5.03. The van der Waals surface area contributed by atoms with E-state index in [1.165, 1.54) is 24.3 Å². The molecule has 116 valence electrons. The largest absolute Gasteiger partial charge is 0.324 e. The van der Waals surface area contributed by atoms with Gasteiger partial charge in [-0.25, -0.2) is 4.39 Å². The van der Waals surface area contributed by atoms with Crippen molar-refractivity contribution in [3.63, 3.8) is 0 Å². The Balaban J connectivity index is 1.89. The third-order valence-corrected chi connectivity index (χ3v) is 3.45. The van der Waals surface area contributed by atoms with Crippen LogP contribution < -0.4 is 10.9 Å². The van der Waals surface area contributed by atoms with Crippen LogP contribution in [-0.2, 0) is 4.79 Å². The van der Waals surface area contributed by atoms with Crippen LogP contribution in [0.3, 0.4) is 0 Å². The van der Waals surface area contributed by atoms with E-state index in [2.05, 4.69) is 15.6 Å². The van der Waals surface area contributed by atoms with Crippen LogP contribution in [-0.4, -0.2) is 20.9 Å². The van der Waals surface area contributed by atoms with E-state index in [0.29, 0.717) is 16.6 Å². The first kappa shape index (κ1) is 14.8. The predicted octanol–water partition coefficient (Wildman–Crippen LogP) is 2.13. The lowest BCUT2D eigenvalue weighted by Crippen LogP contribution is -2.34. The lowest BCUT2D eigenvalue weighted by molar-refractivity contribution is -0.119. The van der Waals surface area contributed by atoms with Crippen molar-refractivity contribution in [3.05, 3.63) is 64.7 Å². The fourth-order valence-corrected chi connectivity index (χ4v) is 2.15. The van der Waals surface area contributed by atoms with Crippen LogP contribution in [0.5, 0.6) is 0 Å². The van der Waals surface area contributed by atoms with Crippen molar-refractivity contribution in [3.8, 4) is 0 Å². The molecule has 0 bridgehead atoms. The first-order valence-corrected chi connectivity index (χ1v) is 6.97. The topological polar surface area (TPSA) is 76.9 Å². The number of benzene rings is 2. The fourth-order valence-electron chi connectivity index (χ4n) is 2.15. The number of carbonyl (C=O) groups excluding carboxylic acids is 1. The molecule has 1 heterocycles. The second kappa shape index (κ2) is 5.96. The van der Waals surface area contributed by atoms with E-state index in [9.17, 15) is 14.0 Å². The first-order chi connectivity index (χ1) is 11.1. The molecule has 1 amide bonds. The van der Waals surface area contributed by atoms with Gasteiger partial charge >= 0.3 is 0 Å². The van der Waals surface area contributed by atoms with Crippen molar-refractivity contribution in [1.29, 1.82) is 0 Å². The summed E-state index contributed by atoms with van der Waals surface area (Å²) in [5.41, 5.74) is 0.516. The SMILES string of the molecule is C[C@H](C(=O)Nc1ccc(F)cc1)n1nnc2ccccc2c1=O. The van der Waals surface area contributed by atoms with Crippen molar-refractivity contribution < 1.29 is 9.18 Å². The Morgan fingerprint density at radius 1 is 1.17 bits per heavy atom. The van der Waals surface area contributed by atoms with Gasteiger partial charge in [0, 0.05) is 5.69 Å². The van der Waals surface area contributed by atoms with Crippen LogP contribution in [0.4, 0.5) is 10.1 Å². The summed E-state index contributed by atoms with van der Waals surface area (Å²) >= 11 is 0. The summed E-state index contributed by atoms with van der Waals surface area (Å²) in [5.74, 6) is -0.837. The number of aromatic nitrogens is 3. The normalized spacial score (nSPS) is 12.1. The van der Waals surface area contributed by atoms with E-state index in [1.54, 1.807) is 31.2 Å². The van der Waals surface area contributed by atoms with Gasteiger partial charge in [0.15, 0.2) is 0 Å². The zero-order chi connectivity index (χ0) is 16.4. The van der Waals surface area contributed by atoms with E-state index in [4.69, 9.17) is 0 Å². The maximum atomic E-state index is 12.9. The van der Waals surface area contributed by atoms with Crippen molar-refractivity contribution in [2.24, 2.45) is 0 Å². The molecule has 0 spiro atoms. The Bertz CT molecular complexity index is 921. The third kappa shape index (κ3) is 2.94. The van der Waals surface area contributed by atoms with Gasteiger partial charge in [0.05, 0.1) is 5.39 Å². The molecule has 0 saturated carbocycles. The van der Waals surface area contributed by atoms with Gasteiger partial charge in [0.1, 0.15) is 17.4 Å². The van der Waals surface area contributed by atoms with Crippen molar-refractivity contribution >= 4 is 22.5 Å². The summed E-state index contributed by atoms with van der Waals surface area (Å²) in [6.45, 7) is 1.55. The Hall–Kier alpha value is -3.09. The second-order valence-corrected chi connectivity index (χ2v) is 5.03. The summed E-state index contributed by atoms with van der Waals surface area (Å²) < 4.78 is 13.9. The molecule has 0 radical (unpaired) electrons. The molecule has 23 heavy (non-hydrogen) atoms. The molecule has 0 aliphatic rings. The number of nitrogens with zero attached hydrogens (tertiary/aromatic N) is 3. The lowest BCUT2D eigenvalue weighted by atomic mass is 10.2. The van der Waals surface area contributed by atoms with Gasteiger partial charge in [-0.1, -0.05) is 17.3 Å². The van der Waals surface area contributed by atoms with Gasteiger partial charge in [0.2, 0.25) is 5.91 Å². The Morgan fingerprint density at radius 2 is 1.87 bits per heavy atom. The molecule has 6 nitrogen and oxygen atoms in total. The zero-order valence-electron chi connectivity index (χ0n) is 12.2. The average molecular weight is 312 g/mol. The first-order valence-electron chi connectivity index (χ1n) is 6.97. The van der Waals surface area contributed by atoms with E-state index in [1.807, 2.05) is 0 Å². The lowest BCUT2D eigenvalue weighted by Gasteiger charge is -2.13. The third-order valence-electron chi connectivity index (χ3n) is 3.45. The van der Waals surface area contributed by atoms with Crippen LogP contribution in [0.15, 0.2) is 53.3 Å². The molecule has 3 rings (SSSR count). The highest BCUT2D eigenvalue weighted by Gasteiger charge is 2.19. The minimum atomic E-state index is -0.857. The average Bonchev–Trinajstić information content (AvgIpc) is 2.57. The minimum absolute atomic E-state index is 0.391. The van der Waals surface area contributed by atoms with E-state index < -0.39 is 23.3 Å². The number of carbonyl (C=O) groups is 1. The molecule has 0 aliphatic carbocycles. The number of hydrogen-bond donors (Lipinski definition) is 1. The zero-order valence-corrected chi connectivity index (χ0v) is 12.2. The van der Waals surface area contributed by atoms with E-state index >= 15 is 0 Å². The summed E-state index contributed by atoms with van der Waals surface area (Å²) in [7, 11) is 0. The molecule has 0 saturated heterocycles. The van der Waals surface area contributed by atoms with E-state index in [0.717, 1.165) is 4.68 Å². The highest BCUT2D eigenvalue weighted by Crippen LogP contribution is 2.12. The van der Waals surface area contributed by atoms with Gasteiger partial charge in [0.25, 0.3) is 5.56 Å². The van der Waals surface area contributed by atoms with Crippen molar-refractivity contribution in [2.75, 3.05) is 5.32 Å². The number of hydrogen-bond acceptors (Lipinski definition) is 4. The van der Waals surface area contributed by atoms with Crippen LogP contribution in [0.2, 0.25) is 0 Å². The maximum Gasteiger partial charge on any atom is 0.278 e. The molecule has 0 fully saturated rings. The quantitative estimate of drug-likeness (QED) is 0.804. The molecule has 0 unspecified atom stereocenters. The molecule has 7 heteroatoms. The molecule has 2 aromatic carbocycles. The van der Waals surface area contributed by atoms with Crippen molar-refractivity contribution in [1.82, 2.24) is 15.0 Å². The minimum Gasteiger partial charge on any atom is -0.324 e. The van der Waals surface area contributed by atoms with Gasteiger partial charge in [-0.15, -0.1) is 5.10 Å². The monoisotopic (exact) mass is 312 g/mol. The van der Waals surface area contributed by atoms with Gasteiger partial charge in [-0.3, -0.25) is 9.59 Å². The number of anilines is 1. The number of rotatable bonds is 3. The van der Waals surface area contributed by atoms with Gasteiger partial charge in [-0.2, -0.15) is 4.68 Å². The Labute approximate surface area is 130 Å². The summed E-state index contributed by atoms with van der Waals surface area (Å²) in [4.78, 5) is 24.7. The standard InChI is InChI=1S/C16H13FN4O2/c1-10(15(22)18-12-8-6-11(17)7-9-12)21-16(23)13-4-2-3-5-14(13)19-20-21/h2-10H,1H3,(H,18,22)/t10-/m1/s1.